The van der Waals surface area contributed by atoms with E-state index >= 15 is 0 Å². The van der Waals surface area contributed by atoms with Crippen molar-refractivity contribution >= 4 is 22.5 Å². The molecule has 2 heterocycles. The summed E-state index contributed by atoms with van der Waals surface area (Å²) >= 11 is 0. The van der Waals surface area contributed by atoms with Gasteiger partial charge in [0.15, 0.2) is 0 Å². The van der Waals surface area contributed by atoms with Crippen LogP contribution in [0.25, 0.3) is 10.9 Å². The van der Waals surface area contributed by atoms with Crippen LogP contribution in [-0.4, -0.2) is 27.0 Å². The van der Waals surface area contributed by atoms with E-state index in [1.165, 1.54) is 0 Å². The fourth-order valence-corrected chi connectivity index (χ4v) is 2.31. The Kier molecular flexibility index (Phi) is 3.59. The van der Waals surface area contributed by atoms with Crippen LogP contribution in [0.2, 0.25) is 0 Å². The van der Waals surface area contributed by atoms with Crippen LogP contribution in [-0.2, 0) is 6.54 Å². The summed E-state index contributed by atoms with van der Waals surface area (Å²) in [6.45, 7) is 1.46. The topological polar surface area (TPSA) is 88.7 Å². The Morgan fingerprint density at radius 1 is 1.43 bits per heavy atom. The zero-order valence-electron chi connectivity index (χ0n) is 11.5. The zero-order valence-corrected chi connectivity index (χ0v) is 11.5. The first-order valence-corrected chi connectivity index (χ1v) is 6.84. The van der Waals surface area contributed by atoms with Crippen molar-refractivity contribution in [3.63, 3.8) is 0 Å². The first-order valence-electron chi connectivity index (χ1n) is 6.84. The second-order valence-corrected chi connectivity index (χ2v) is 4.92. The highest BCUT2D eigenvalue weighted by Gasteiger charge is 2.11. The molecule has 6 heteroatoms. The van der Waals surface area contributed by atoms with E-state index in [0.29, 0.717) is 17.8 Å². The number of aromatic nitrogens is 3. The Balaban J connectivity index is 1.59. The standard InChI is InChI=1S/C15H17N5O/c16-11-2-3-12-13(9-19-14(12)8-11)15(21)18-4-1-6-20-7-5-17-10-20/h2-3,5,7-10,19H,1,4,6,16H2,(H,18,21). The number of imidazole rings is 1. The molecule has 0 aliphatic heterocycles. The molecule has 0 atom stereocenters. The lowest BCUT2D eigenvalue weighted by atomic mass is 10.1. The number of benzene rings is 1. The number of aromatic amines is 1. The Morgan fingerprint density at radius 3 is 3.14 bits per heavy atom. The predicted molar refractivity (Wildman–Crippen MR) is 81.9 cm³/mol. The summed E-state index contributed by atoms with van der Waals surface area (Å²) < 4.78 is 1.99. The molecule has 1 aromatic carbocycles. The molecule has 0 radical (unpaired) electrons. The van der Waals surface area contributed by atoms with E-state index in [-0.39, 0.29) is 5.91 Å². The van der Waals surface area contributed by atoms with Crippen LogP contribution in [0.5, 0.6) is 0 Å². The third-order valence-corrected chi connectivity index (χ3v) is 3.39. The van der Waals surface area contributed by atoms with Gasteiger partial charge in [-0.1, -0.05) is 0 Å². The number of aryl methyl sites for hydroxylation is 1. The average Bonchev–Trinajstić information content (AvgIpc) is 3.12. The van der Waals surface area contributed by atoms with Crippen LogP contribution < -0.4 is 11.1 Å². The molecule has 6 nitrogen and oxygen atoms in total. The second-order valence-electron chi connectivity index (χ2n) is 4.92. The smallest absolute Gasteiger partial charge is 0.253 e. The number of carbonyl (C=O) groups excluding carboxylic acids is 1. The number of rotatable bonds is 5. The number of nitrogens with one attached hydrogen (secondary N) is 2. The molecule has 3 rings (SSSR count). The van der Waals surface area contributed by atoms with E-state index in [4.69, 9.17) is 5.73 Å². The van der Waals surface area contributed by atoms with Gasteiger partial charge in [0.2, 0.25) is 0 Å². The SMILES string of the molecule is Nc1ccc2c(C(=O)NCCCn3ccnc3)c[nH]c2c1. The quantitative estimate of drug-likeness (QED) is 0.492. The lowest BCUT2D eigenvalue weighted by Gasteiger charge is -2.05. The summed E-state index contributed by atoms with van der Waals surface area (Å²) in [5.41, 5.74) is 7.92. The van der Waals surface area contributed by atoms with Crippen LogP contribution in [0, 0.1) is 0 Å². The Morgan fingerprint density at radius 2 is 2.33 bits per heavy atom. The molecule has 1 amide bonds. The molecule has 0 saturated heterocycles. The van der Waals surface area contributed by atoms with Gasteiger partial charge in [-0.2, -0.15) is 0 Å². The van der Waals surface area contributed by atoms with Gasteiger partial charge in [-0.15, -0.1) is 0 Å². The lowest BCUT2D eigenvalue weighted by Crippen LogP contribution is -2.24. The molecule has 0 spiro atoms. The van der Waals surface area contributed by atoms with Crippen LogP contribution in [0.1, 0.15) is 16.8 Å². The average molecular weight is 283 g/mol. The van der Waals surface area contributed by atoms with Crippen LogP contribution in [0.4, 0.5) is 5.69 Å². The van der Waals surface area contributed by atoms with Crippen molar-refractivity contribution in [3.05, 3.63) is 48.7 Å². The van der Waals surface area contributed by atoms with Gasteiger partial charge in [0, 0.05) is 48.3 Å². The van der Waals surface area contributed by atoms with Gasteiger partial charge in [-0.25, -0.2) is 4.98 Å². The molecular weight excluding hydrogens is 266 g/mol. The fourth-order valence-electron chi connectivity index (χ4n) is 2.31. The molecule has 0 aliphatic carbocycles. The highest BCUT2D eigenvalue weighted by molar-refractivity contribution is 6.07. The highest BCUT2D eigenvalue weighted by Crippen LogP contribution is 2.20. The van der Waals surface area contributed by atoms with Crippen molar-refractivity contribution in [2.45, 2.75) is 13.0 Å². The van der Waals surface area contributed by atoms with E-state index in [9.17, 15) is 4.79 Å². The third kappa shape index (κ3) is 2.89. The molecule has 3 aromatic rings. The van der Waals surface area contributed by atoms with Gasteiger partial charge in [0.05, 0.1) is 11.9 Å². The summed E-state index contributed by atoms with van der Waals surface area (Å²) in [4.78, 5) is 19.2. The maximum atomic E-state index is 12.2. The Hall–Kier alpha value is -2.76. The van der Waals surface area contributed by atoms with Crippen molar-refractivity contribution in [2.24, 2.45) is 0 Å². The monoisotopic (exact) mass is 283 g/mol. The van der Waals surface area contributed by atoms with Gasteiger partial charge >= 0.3 is 0 Å². The molecular formula is C15H17N5O. The molecule has 4 N–H and O–H groups in total. The van der Waals surface area contributed by atoms with E-state index < -0.39 is 0 Å². The van der Waals surface area contributed by atoms with Crippen LogP contribution in [0.3, 0.4) is 0 Å². The number of carbonyl (C=O) groups is 1. The van der Waals surface area contributed by atoms with E-state index in [1.54, 1.807) is 24.8 Å². The van der Waals surface area contributed by atoms with Crippen LogP contribution >= 0.6 is 0 Å². The summed E-state index contributed by atoms with van der Waals surface area (Å²) in [6, 6.07) is 5.48. The zero-order chi connectivity index (χ0) is 14.7. The van der Waals surface area contributed by atoms with E-state index in [2.05, 4.69) is 15.3 Å². The number of hydrogen-bond donors (Lipinski definition) is 3. The highest BCUT2D eigenvalue weighted by atomic mass is 16.1. The molecule has 0 bridgehead atoms. The van der Waals surface area contributed by atoms with Crippen molar-refractivity contribution in [1.82, 2.24) is 19.9 Å². The molecule has 0 aliphatic rings. The second kappa shape index (κ2) is 5.70. The molecule has 2 aromatic heterocycles. The van der Waals surface area contributed by atoms with Gasteiger partial charge in [0.1, 0.15) is 0 Å². The molecule has 108 valence electrons. The minimum absolute atomic E-state index is 0.0725. The van der Waals surface area contributed by atoms with Gasteiger partial charge in [0.25, 0.3) is 5.91 Å². The number of hydrogen-bond acceptors (Lipinski definition) is 3. The van der Waals surface area contributed by atoms with Crippen molar-refractivity contribution in [2.75, 3.05) is 12.3 Å². The maximum Gasteiger partial charge on any atom is 0.253 e. The molecule has 0 saturated carbocycles. The maximum absolute atomic E-state index is 12.2. The van der Waals surface area contributed by atoms with Crippen molar-refractivity contribution < 1.29 is 4.79 Å². The largest absolute Gasteiger partial charge is 0.399 e. The summed E-state index contributed by atoms with van der Waals surface area (Å²) in [5, 5.41) is 3.82. The number of H-pyrrole nitrogens is 1. The normalized spacial score (nSPS) is 10.9. The number of fused-ring (bicyclic) bond motifs is 1. The van der Waals surface area contributed by atoms with Gasteiger partial charge in [-0.05, 0) is 24.6 Å². The predicted octanol–water partition coefficient (Wildman–Crippen LogP) is 1.77. The number of nitrogens with two attached hydrogens (primary N) is 1. The number of amides is 1. The van der Waals surface area contributed by atoms with Crippen molar-refractivity contribution in [1.29, 1.82) is 0 Å². The van der Waals surface area contributed by atoms with Gasteiger partial charge < -0.3 is 20.6 Å². The molecule has 0 unspecified atom stereocenters. The molecule has 21 heavy (non-hydrogen) atoms. The summed E-state index contributed by atoms with van der Waals surface area (Å²) in [6.07, 6.45) is 8.00. The Labute approximate surface area is 122 Å². The number of nitrogens with zero attached hydrogens (tertiary/aromatic N) is 2. The third-order valence-electron chi connectivity index (χ3n) is 3.39. The fraction of sp³-hybridized carbons (Fsp3) is 0.200. The first-order chi connectivity index (χ1) is 10.2. The lowest BCUT2D eigenvalue weighted by molar-refractivity contribution is 0.0954. The molecule has 0 fully saturated rings. The number of nitrogen functional groups attached to an aromatic ring is 1. The number of anilines is 1. The summed E-state index contributed by atoms with van der Waals surface area (Å²) in [7, 11) is 0. The van der Waals surface area contributed by atoms with Crippen LogP contribution in [0.15, 0.2) is 43.1 Å². The van der Waals surface area contributed by atoms with Crippen molar-refractivity contribution in [3.8, 4) is 0 Å². The minimum atomic E-state index is -0.0725. The van der Waals surface area contributed by atoms with Gasteiger partial charge in [-0.3, -0.25) is 4.79 Å². The first kappa shape index (κ1) is 13.2. The van der Waals surface area contributed by atoms with E-state index in [1.807, 2.05) is 22.9 Å². The summed E-state index contributed by atoms with van der Waals surface area (Å²) in [5.74, 6) is -0.0725. The Bertz CT molecular complexity index is 745. The minimum Gasteiger partial charge on any atom is -0.399 e. The van der Waals surface area contributed by atoms with E-state index in [0.717, 1.165) is 23.9 Å².